The van der Waals surface area contributed by atoms with E-state index in [-0.39, 0.29) is 18.6 Å². The molecule has 1 aromatic heterocycles. The molecule has 3 heterocycles. The summed E-state index contributed by atoms with van der Waals surface area (Å²) in [5.41, 5.74) is 0. The van der Waals surface area contributed by atoms with Crippen LogP contribution in [0.2, 0.25) is 0 Å². The van der Waals surface area contributed by atoms with Crippen molar-refractivity contribution in [3.8, 4) is 0 Å². The molecule has 134 valence electrons. The topological polar surface area (TPSA) is 59.8 Å². The number of aryl methyl sites for hydroxylation is 1. The number of imidazole rings is 1. The zero-order valence-electron chi connectivity index (χ0n) is 14.5. The predicted molar refractivity (Wildman–Crippen MR) is 89.5 cm³/mol. The Kier molecular flexibility index (Phi) is 6.23. The van der Waals surface area contributed by atoms with Crippen molar-refractivity contribution in [2.75, 3.05) is 46.0 Å². The molecular weight excluding hydrogens is 308 g/mol. The van der Waals surface area contributed by atoms with E-state index >= 15 is 0 Å². The second-order valence-corrected chi connectivity index (χ2v) is 6.62. The molecule has 0 radical (unpaired) electrons. The van der Waals surface area contributed by atoms with E-state index in [1.165, 1.54) is 6.42 Å². The van der Waals surface area contributed by atoms with Crippen molar-refractivity contribution >= 4 is 5.91 Å². The molecule has 1 atom stereocenters. The van der Waals surface area contributed by atoms with Gasteiger partial charge in [0.15, 0.2) is 0 Å². The maximum Gasteiger partial charge on any atom is 0.248 e. The number of carbonyl (C=O) groups is 1. The van der Waals surface area contributed by atoms with E-state index in [2.05, 4.69) is 9.88 Å². The highest BCUT2D eigenvalue weighted by Crippen LogP contribution is 2.13. The minimum Gasteiger partial charge on any atom is -0.376 e. The highest BCUT2D eigenvalue weighted by atomic mass is 16.5. The lowest BCUT2D eigenvalue weighted by molar-refractivity contribution is -0.140. The summed E-state index contributed by atoms with van der Waals surface area (Å²) in [4.78, 5) is 20.8. The van der Waals surface area contributed by atoms with Crippen LogP contribution in [0.1, 0.15) is 25.1 Å². The van der Waals surface area contributed by atoms with E-state index in [1.54, 1.807) is 0 Å². The Morgan fingerprint density at radius 3 is 2.83 bits per heavy atom. The van der Waals surface area contributed by atoms with E-state index in [4.69, 9.17) is 9.47 Å². The van der Waals surface area contributed by atoms with Gasteiger partial charge in [-0.05, 0) is 19.3 Å². The van der Waals surface area contributed by atoms with Crippen LogP contribution in [0.3, 0.4) is 0 Å². The van der Waals surface area contributed by atoms with Gasteiger partial charge in [-0.1, -0.05) is 0 Å². The third-order valence-corrected chi connectivity index (χ3v) is 4.81. The minimum atomic E-state index is 0.0856. The molecule has 7 heteroatoms. The average molecular weight is 336 g/mol. The average Bonchev–Trinajstić information content (AvgIpc) is 3.01. The molecule has 1 amide bonds. The fraction of sp³-hybridized carbons (Fsp3) is 0.765. The maximum atomic E-state index is 12.2. The van der Waals surface area contributed by atoms with Crippen LogP contribution < -0.4 is 0 Å². The highest BCUT2D eigenvalue weighted by Gasteiger charge is 2.22. The maximum absolute atomic E-state index is 12.2. The molecule has 1 aromatic rings. The van der Waals surface area contributed by atoms with E-state index in [0.29, 0.717) is 6.61 Å². The second kappa shape index (κ2) is 8.60. The van der Waals surface area contributed by atoms with E-state index in [9.17, 15) is 4.79 Å². The predicted octanol–water partition coefficient (Wildman–Crippen LogP) is 0.650. The Balaban J connectivity index is 1.33. The summed E-state index contributed by atoms with van der Waals surface area (Å²) in [7, 11) is 2.01. The van der Waals surface area contributed by atoms with Crippen LogP contribution in [-0.4, -0.2) is 77.4 Å². The Hall–Kier alpha value is -1.44. The number of hydrogen-bond acceptors (Lipinski definition) is 5. The fourth-order valence-corrected chi connectivity index (χ4v) is 3.21. The first-order valence-electron chi connectivity index (χ1n) is 8.88. The second-order valence-electron chi connectivity index (χ2n) is 6.62. The molecule has 2 saturated heterocycles. The monoisotopic (exact) mass is 336 g/mol. The number of hydrogen-bond donors (Lipinski definition) is 0. The third kappa shape index (κ3) is 4.78. The van der Waals surface area contributed by atoms with Crippen LogP contribution in [0.5, 0.6) is 0 Å². The quantitative estimate of drug-likeness (QED) is 0.763. The molecule has 2 aliphatic heterocycles. The number of carbonyl (C=O) groups excluding carboxylic acids is 1. The van der Waals surface area contributed by atoms with Gasteiger partial charge in [0.2, 0.25) is 5.91 Å². The summed E-state index contributed by atoms with van der Waals surface area (Å²) in [6.07, 6.45) is 7.32. The number of amides is 1. The van der Waals surface area contributed by atoms with Gasteiger partial charge in [-0.25, -0.2) is 4.98 Å². The van der Waals surface area contributed by atoms with Gasteiger partial charge in [-0.15, -0.1) is 0 Å². The Bertz CT molecular complexity index is 520. The first-order chi connectivity index (χ1) is 11.7. The van der Waals surface area contributed by atoms with Gasteiger partial charge in [-0.2, -0.15) is 0 Å². The molecule has 2 aliphatic rings. The number of ether oxygens (including phenoxy) is 2. The largest absolute Gasteiger partial charge is 0.376 e. The van der Waals surface area contributed by atoms with E-state index in [1.807, 2.05) is 28.9 Å². The molecule has 0 bridgehead atoms. The lowest BCUT2D eigenvalue weighted by Crippen LogP contribution is -2.49. The lowest BCUT2D eigenvalue weighted by Gasteiger charge is -2.34. The highest BCUT2D eigenvalue weighted by molar-refractivity contribution is 5.77. The van der Waals surface area contributed by atoms with Gasteiger partial charge in [0.05, 0.1) is 19.3 Å². The molecule has 24 heavy (non-hydrogen) atoms. The molecule has 0 aliphatic carbocycles. The zero-order chi connectivity index (χ0) is 16.8. The lowest BCUT2D eigenvalue weighted by atomic mass is 10.1. The Morgan fingerprint density at radius 1 is 1.33 bits per heavy atom. The number of nitrogens with zero attached hydrogens (tertiary/aromatic N) is 4. The van der Waals surface area contributed by atoms with E-state index in [0.717, 1.165) is 58.0 Å². The SMILES string of the molecule is Cn1ccnc1CN1CCN(C(=O)COCC2CCCCO2)CC1. The molecule has 3 rings (SSSR count). The smallest absolute Gasteiger partial charge is 0.248 e. The molecule has 0 saturated carbocycles. The Morgan fingerprint density at radius 2 is 2.17 bits per heavy atom. The van der Waals surface area contributed by atoms with Crippen molar-refractivity contribution in [1.82, 2.24) is 19.4 Å². The summed E-state index contributed by atoms with van der Waals surface area (Å²) in [5, 5.41) is 0. The van der Waals surface area contributed by atoms with Gasteiger partial charge >= 0.3 is 0 Å². The summed E-state index contributed by atoms with van der Waals surface area (Å²) in [5.74, 6) is 1.15. The van der Waals surface area contributed by atoms with Crippen molar-refractivity contribution in [3.05, 3.63) is 18.2 Å². The van der Waals surface area contributed by atoms with Crippen LogP contribution in [0.25, 0.3) is 0 Å². The minimum absolute atomic E-state index is 0.0856. The molecular formula is C17H28N4O3. The van der Waals surface area contributed by atoms with Crippen LogP contribution in [0, 0.1) is 0 Å². The fourth-order valence-electron chi connectivity index (χ4n) is 3.21. The number of rotatable bonds is 6. The van der Waals surface area contributed by atoms with Crippen LogP contribution in [-0.2, 0) is 27.9 Å². The van der Waals surface area contributed by atoms with Gasteiger partial charge in [0.25, 0.3) is 0 Å². The third-order valence-electron chi connectivity index (χ3n) is 4.81. The standard InChI is InChI=1S/C17H28N4O3/c1-19-6-5-18-16(19)12-20-7-9-21(10-8-20)17(22)14-23-13-15-4-2-3-11-24-15/h5-6,15H,2-4,7-14H2,1H3. The normalized spacial score (nSPS) is 22.7. The molecule has 1 unspecified atom stereocenters. The van der Waals surface area contributed by atoms with Gasteiger partial charge in [-0.3, -0.25) is 9.69 Å². The molecule has 0 spiro atoms. The van der Waals surface area contributed by atoms with Crippen molar-refractivity contribution in [2.45, 2.75) is 31.9 Å². The number of aromatic nitrogens is 2. The van der Waals surface area contributed by atoms with Gasteiger partial charge in [0.1, 0.15) is 12.4 Å². The van der Waals surface area contributed by atoms with Crippen molar-refractivity contribution < 1.29 is 14.3 Å². The summed E-state index contributed by atoms with van der Waals surface area (Å²) in [6.45, 7) is 5.62. The summed E-state index contributed by atoms with van der Waals surface area (Å²) in [6, 6.07) is 0. The van der Waals surface area contributed by atoms with Crippen LogP contribution in [0.15, 0.2) is 12.4 Å². The molecule has 0 N–H and O–H groups in total. The van der Waals surface area contributed by atoms with Crippen LogP contribution in [0.4, 0.5) is 0 Å². The van der Waals surface area contributed by atoms with Crippen molar-refractivity contribution in [1.29, 1.82) is 0 Å². The van der Waals surface area contributed by atoms with E-state index < -0.39 is 0 Å². The van der Waals surface area contributed by atoms with Crippen LogP contribution >= 0.6 is 0 Å². The molecule has 0 aromatic carbocycles. The van der Waals surface area contributed by atoms with Crippen molar-refractivity contribution in [2.24, 2.45) is 7.05 Å². The first-order valence-corrected chi connectivity index (χ1v) is 8.88. The zero-order valence-corrected chi connectivity index (χ0v) is 14.5. The van der Waals surface area contributed by atoms with Gasteiger partial charge in [0, 0.05) is 52.2 Å². The summed E-state index contributed by atoms with van der Waals surface area (Å²) < 4.78 is 13.2. The molecule has 2 fully saturated rings. The van der Waals surface area contributed by atoms with Gasteiger partial charge < -0.3 is 18.9 Å². The molecule has 7 nitrogen and oxygen atoms in total. The first kappa shape index (κ1) is 17.4. The number of piperazine rings is 1. The van der Waals surface area contributed by atoms with Crippen molar-refractivity contribution in [3.63, 3.8) is 0 Å². The summed E-state index contributed by atoms with van der Waals surface area (Å²) >= 11 is 0. The Labute approximate surface area is 143 Å².